The molecule has 3 rings (SSSR count). The van der Waals surface area contributed by atoms with E-state index in [0.29, 0.717) is 0 Å². The molecular weight excluding hydrogens is 278 g/mol. The maximum Gasteiger partial charge on any atom is 0.0334 e. The molecule has 3 nitrogen and oxygen atoms in total. The number of nitrogens with one attached hydrogen (secondary N) is 1. The van der Waals surface area contributed by atoms with E-state index in [2.05, 4.69) is 39.6 Å². The molecular formula is C17H23N3S. The van der Waals surface area contributed by atoms with Gasteiger partial charge in [0.05, 0.1) is 0 Å². The van der Waals surface area contributed by atoms with Gasteiger partial charge in [-0.15, -0.1) is 11.3 Å². The molecule has 112 valence electrons. The molecule has 2 aromatic rings. The number of hydrogen-bond acceptors (Lipinski definition) is 4. The first kappa shape index (κ1) is 14.7. The van der Waals surface area contributed by atoms with Crippen molar-refractivity contribution in [3.05, 3.63) is 52.0 Å². The zero-order valence-electron chi connectivity index (χ0n) is 12.6. The minimum Gasteiger partial charge on any atom is -0.316 e. The van der Waals surface area contributed by atoms with Crippen LogP contribution in [0.2, 0.25) is 0 Å². The molecule has 21 heavy (non-hydrogen) atoms. The fourth-order valence-electron chi connectivity index (χ4n) is 2.94. The predicted molar refractivity (Wildman–Crippen MR) is 88.4 cm³/mol. The molecule has 0 bridgehead atoms. The Morgan fingerprint density at radius 1 is 1.38 bits per heavy atom. The highest BCUT2D eigenvalue weighted by molar-refractivity contribution is 7.10. The van der Waals surface area contributed by atoms with Gasteiger partial charge >= 0.3 is 0 Å². The van der Waals surface area contributed by atoms with Gasteiger partial charge < -0.3 is 5.32 Å². The summed E-state index contributed by atoms with van der Waals surface area (Å²) in [6.45, 7) is 7.75. The van der Waals surface area contributed by atoms with Crippen LogP contribution < -0.4 is 5.32 Å². The van der Waals surface area contributed by atoms with Crippen molar-refractivity contribution in [1.29, 1.82) is 0 Å². The molecule has 1 atom stereocenters. The van der Waals surface area contributed by atoms with E-state index >= 15 is 0 Å². The van der Waals surface area contributed by atoms with Crippen molar-refractivity contribution in [2.45, 2.75) is 26.4 Å². The normalized spacial score (nSPS) is 18.5. The van der Waals surface area contributed by atoms with Crippen LogP contribution >= 0.6 is 11.3 Å². The number of nitrogens with zero attached hydrogens (tertiary/aromatic N) is 2. The molecule has 2 aromatic heterocycles. The number of rotatable bonds is 6. The summed E-state index contributed by atoms with van der Waals surface area (Å²) in [6.07, 6.45) is 5.13. The highest BCUT2D eigenvalue weighted by Crippen LogP contribution is 2.21. The van der Waals surface area contributed by atoms with Crippen LogP contribution in [0.1, 0.15) is 22.4 Å². The van der Waals surface area contributed by atoms with Crippen LogP contribution in [0.15, 0.2) is 36.0 Å². The fraction of sp³-hybridized carbons (Fsp3) is 0.471. The van der Waals surface area contributed by atoms with E-state index < -0.39 is 0 Å². The molecule has 1 fully saturated rings. The number of hydrogen-bond donors (Lipinski definition) is 1. The van der Waals surface area contributed by atoms with Gasteiger partial charge in [-0.05, 0) is 61.0 Å². The van der Waals surface area contributed by atoms with Crippen LogP contribution in [-0.4, -0.2) is 29.5 Å². The maximum absolute atomic E-state index is 4.25. The molecule has 1 N–H and O–H groups in total. The van der Waals surface area contributed by atoms with Gasteiger partial charge in [0, 0.05) is 36.9 Å². The lowest BCUT2D eigenvalue weighted by Gasteiger charge is -2.25. The van der Waals surface area contributed by atoms with Gasteiger partial charge in [-0.2, -0.15) is 0 Å². The van der Waals surface area contributed by atoms with Gasteiger partial charge in [0.15, 0.2) is 0 Å². The Morgan fingerprint density at radius 3 is 3.00 bits per heavy atom. The van der Waals surface area contributed by atoms with E-state index in [9.17, 15) is 0 Å². The third-order valence-electron chi connectivity index (χ3n) is 4.14. The number of aryl methyl sites for hydroxylation is 1. The quantitative estimate of drug-likeness (QED) is 0.889. The lowest BCUT2D eigenvalue weighted by atomic mass is 10.1. The maximum atomic E-state index is 4.25. The molecule has 0 amide bonds. The van der Waals surface area contributed by atoms with Crippen molar-refractivity contribution in [2.24, 2.45) is 5.92 Å². The summed E-state index contributed by atoms with van der Waals surface area (Å²) in [5.74, 6) is 0.780. The van der Waals surface area contributed by atoms with E-state index in [1.807, 2.05) is 29.8 Å². The van der Waals surface area contributed by atoms with Gasteiger partial charge in [-0.25, -0.2) is 0 Å². The molecule has 1 unspecified atom stereocenters. The average Bonchev–Trinajstić information content (AvgIpc) is 3.13. The molecule has 4 heteroatoms. The van der Waals surface area contributed by atoms with E-state index in [4.69, 9.17) is 0 Å². The van der Waals surface area contributed by atoms with E-state index in [-0.39, 0.29) is 0 Å². The topological polar surface area (TPSA) is 28.2 Å². The van der Waals surface area contributed by atoms with Crippen molar-refractivity contribution in [2.75, 3.05) is 19.6 Å². The Bertz CT molecular complexity index is 546. The van der Waals surface area contributed by atoms with Gasteiger partial charge in [0.1, 0.15) is 0 Å². The smallest absolute Gasteiger partial charge is 0.0334 e. The molecule has 3 heterocycles. The van der Waals surface area contributed by atoms with Crippen LogP contribution in [-0.2, 0) is 13.1 Å². The van der Waals surface area contributed by atoms with Crippen LogP contribution in [0.4, 0.5) is 0 Å². The van der Waals surface area contributed by atoms with Crippen molar-refractivity contribution < 1.29 is 0 Å². The summed E-state index contributed by atoms with van der Waals surface area (Å²) in [6, 6.07) is 6.43. The van der Waals surface area contributed by atoms with E-state index in [1.165, 1.54) is 35.5 Å². The monoisotopic (exact) mass is 301 g/mol. The average molecular weight is 301 g/mol. The summed E-state index contributed by atoms with van der Waals surface area (Å²) in [5, 5.41) is 5.67. The number of pyridine rings is 1. The highest BCUT2D eigenvalue weighted by atomic mass is 32.1. The van der Waals surface area contributed by atoms with Gasteiger partial charge in [0.2, 0.25) is 0 Å². The summed E-state index contributed by atoms with van der Waals surface area (Å²) in [7, 11) is 0. The number of thiophene rings is 1. The fourth-order valence-corrected chi connectivity index (χ4v) is 3.89. The lowest BCUT2D eigenvalue weighted by molar-refractivity contribution is 0.222. The second-order valence-corrected chi connectivity index (χ2v) is 6.92. The van der Waals surface area contributed by atoms with Crippen molar-refractivity contribution in [1.82, 2.24) is 15.2 Å². The zero-order chi connectivity index (χ0) is 14.5. The third kappa shape index (κ3) is 4.13. The van der Waals surface area contributed by atoms with Crippen molar-refractivity contribution >= 4 is 11.3 Å². The molecule has 0 aromatic carbocycles. The molecule has 1 aliphatic rings. The van der Waals surface area contributed by atoms with Crippen LogP contribution in [0.3, 0.4) is 0 Å². The first-order valence-corrected chi connectivity index (χ1v) is 8.54. The van der Waals surface area contributed by atoms with Gasteiger partial charge in [-0.3, -0.25) is 9.88 Å². The molecule has 0 saturated carbocycles. The van der Waals surface area contributed by atoms with E-state index in [0.717, 1.165) is 25.6 Å². The van der Waals surface area contributed by atoms with Crippen molar-refractivity contribution in [3.8, 4) is 0 Å². The minimum atomic E-state index is 0.780. The second kappa shape index (κ2) is 7.16. The van der Waals surface area contributed by atoms with Gasteiger partial charge in [0.25, 0.3) is 0 Å². The summed E-state index contributed by atoms with van der Waals surface area (Å²) >= 11 is 1.87. The Labute approximate surface area is 131 Å². The summed E-state index contributed by atoms with van der Waals surface area (Å²) < 4.78 is 0. The molecule has 0 aliphatic carbocycles. The summed E-state index contributed by atoms with van der Waals surface area (Å²) in [4.78, 5) is 8.32. The lowest BCUT2D eigenvalue weighted by Crippen LogP contribution is -2.30. The zero-order valence-corrected chi connectivity index (χ0v) is 13.4. The highest BCUT2D eigenvalue weighted by Gasteiger charge is 2.19. The molecule has 0 radical (unpaired) electrons. The largest absolute Gasteiger partial charge is 0.316 e. The standard InChI is InChI=1S/C17H23N3S/c1-14-5-8-21-17(14)13-20(12-16-4-7-19-10-16)11-15-3-2-6-18-9-15/h2-3,5-6,8-9,16,19H,4,7,10-13H2,1H3. The number of aromatic nitrogens is 1. The Morgan fingerprint density at radius 2 is 2.33 bits per heavy atom. The van der Waals surface area contributed by atoms with Crippen LogP contribution in [0.5, 0.6) is 0 Å². The third-order valence-corrected chi connectivity index (χ3v) is 5.15. The Kier molecular flexibility index (Phi) is 5.01. The SMILES string of the molecule is Cc1ccsc1CN(Cc1cccnc1)CC1CCNC1. The van der Waals surface area contributed by atoms with Gasteiger partial charge in [-0.1, -0.05) is 6.07 Å². The summed E-state index contributed by atoms with van der Waals surface area (Å²) in [5.41, 5.74) is 2.72. The predicted octanol–water partition coefficient (Wildman–Crippen LogP) is 3.06. The first-order chi connectivity index (χ1) is 10.3. The second-order valence-electron chi connectivity index (χ2n) is 5.92. The molecule has 0 spiro atoms. The molecule has 1 saturated heterocycles. The van der Waals surface area contributed by atoms with E-state index in [1.54, 1.807) is 0 Å². The van der Waals surface area contributed by atoms with Crippen molar-refractivity contribution in [3.63, 3.8) is 0 Å². The van der Waals surface area contributed by atoms with Crippen LogP contribution in [0, 0.1) is 12.8 Å². The Balaban J connectivity index is 1.69. The van der Waals surface area contributed by atoms with Crippen LogP contribution in [0.25, 0.3) is 0 Å². The minimum absolute atomic E-state index is 0.780. The molecule has 1 aliphatic heterocycles. The Hall–Kier alpha value is -1.23. The first-order valence-electron chi connectivity index (χ1n) is 7.66.